The Morgan fingerprint density at radius 2 is 1.61 bits per heavy atom. The van der Waals surface area contributed by atoms with Crippen molar-refractivity contribution in [2.24, 2.45) is 11.3 Å². The second-order valence-electron chi connectivity index (χ2n) is 9.24. The lowest BCUT2D eigenvalue weighted by molar-refractivity contribution is -0.139. The van der Waals surface area contributed by atoms with Gasteiger partial charge in [-0.25, -0.2) is 4.79 Å². The molecule has 0 radical (unpaired) electrons. The molecule has 0 saturated carbocycles. The van der Waals surface area contributed by atoms with Crippen LogP contribution < -0.4 is 10.6 Å². The molecule has 7 heteroatoms. The van der Waals surface area contributed by atoms with Crippen molar-refractivity contribution in [1.29, 1.82) is 0 Å². The lowest BCUT2D eigenvalue weighted by Crippen LogP contribution is -2.41. The van der Waals surface area contributed by atoms with Gasteiger partial charge in [-0.3, -0.25) is 9.59 Å². The lowest BCUT2D eigenvalue weighted by Gasteiger charge is -2.24. The van der Waals surface area contributed by atoms with Crippen LogP contribution in [0.15, 0.2) is 0 Å². The highest BCUT2D eigenvalue weighted by molar-refractivity contribution is 7.74. The molecule has 3 N–H and O–H groups in total. The zero-order valence-electron chi connectivity index (χ0n) is 18.6. The second-order valence-corrected chi connectivity index (χ2v) is 11.4. The van der Waals surface area contributed by atoms with E-state index in [0.717, 1.165) is 24.9 Å². The third kappa shape index (κ3) is 14.8. The standard InChI is InChI=1S/C21H41N2O4P/c1-16(2)11-9-7-8-10-14-22-18(24)13-12-17(19(25)26)23-20(27)28(6)15-21(3,4)5/h16-17H,7-15H2,1-6H3,(H,22,24)(H,23,27)(H,25,26). The predicted octanol–water partition coefficient (Wildman–Crippen LogP) is 4.81. The van der Waals surface area contributed by atoms with E-state index in [-0.39, 0.29) is 29.8 Å². The van der Waals surface area contributed by atoms with E-state index >= 15 is 0 Å². The summed E-state index contributed by atoms with van der Waals surface area (Å²) in [5.74, 6) is -0.512. The van der Waals surface area contributed by atoms with E-state index in [9.17, 15) is 19.5 Å². The van der Waals surface area contributed by atoms with Gasteiger partial charge in [-0.1, -0.05) is 60.3 Å². The highest BCUT2D eigenvalue weighted by Gasteiger charge is 2.26. The Kier molecular flexibility index (Phi) is 13.3. The van der Waals surface area contributed by atoms with Gasteiger partial charge in [0.1, 0.15) is 6.04 Å². The third-order valence-electron chi connectivity index (χ3n) is 4.34. The maximum Gasteiger partial charge on any atom is 0.326 e. The number of carbonyl (C=O) groups excluding carboxylic acids is 2. The van der Waals surface area contributed by atoms with Crippen molar-refractivity contribution in [3.8, 4) is 0 Å². The van der Waals surface area contributed by atoms with Crippen molar-refractivity contribution >= 4 is 25.4 Å². The molecule has 6 nitrogen and oxygen atoms in total. The minimum Gasteiger partial charge on any atom is -0.480 e. The van der Waals surface area contributed by atoms with Gasteiger partial charge in [0, 0.05) is 13.0 Å². The summed E-state index contributed by atoms with van der Waals surface area (Å²) >= 11 is 0. The number of unbranched alkanes of at least 4 members (excludes halogenated alkanes) is 3. The van der Waals surface area contributed by atoms with Crippen molar-refractivity contribution in [2.45, 2.75) is 85.6 Å². The largest absolute Gasteiger partial charge is 0.480 e. The SMILES string of the molecule is CC(C)CCCCCCNC(=O)CCC(NC(=O)P(C)CC(C)(C)C)C(=O)O. The van der Waals surface area contributed by atoms with E-state index in [2.05, 4.69) is 45.3 Å². The van der Waals surface area contributed by atoms with E-state index < -0.39 is 19.9 Å². The summed E-state index contributed by atoms with van der Waals surface area (Å²) in [4.78, 5) is 35.6. The quantitative estimate of drug-likeness (QED) is 0.280. The number of hydrogen-bond acceptors (Lipinski definition) is 3. The number of carbonyl (C=O) groups is 3. The topological polar surface area (TPSA) is 95.5 Å². The maximum atomic E-state index is 12.3. The second kappa shape index (κ2) is 13.9. The van der Waals surface area contributed by atoms with Crippen molar-refractivity contribution in [3.63, 3.8) is 0 Å². The third-order valence-corrected chi connectivity index (χ3v) is 6.59. The molecule has 164 valence electrons. The van der Waals surface area contributed by atoms with Crippen LogP contribution >= 0.6 is 7.92 Å². The van der Waals surface area contributed by atoms with Crippen LogP contribution in [0.1, 0.15) is 79.6 Å². The van der Waals surface area contributed by atoms with Gasteiger partial charge >= 0.3 is 5.97 Å². The molecule has 2 amide bonds. The van der Waals surface area contributed by atoms with Crippen molar-refractivity contribution in [2.75, 3.05) is 19.4 Å². The lowest BCUT2D eigenvalue weighted by atomic mass is 10.0. The molecule has 0 saturated heterocycles. The molecule has 0 fully saturated rings. The van der Waals surface area contributed by atoms with E-state index in [0.29, 0.717) is 6.54 Å². The molecule has 0 aromatic heterocycles. The summed E-state index contributed by atoms with van der Waals surface area (Å²) in [5, 5.41) is 14.8. The molecular weight excluding hydrogens is 375 g/mol. The first-order valence-electron chi connectivity index (χ1n) is 10.4. The van der Waals surface area contributed by atoms with Crippen LogP contribution in [0.2, 0.25) is 0 Å². The highest BCUT2D eigenvalue weighted by atomic mass is 31.1. The fourth-order valence-electron chi connectivity index (χ4n) is 2.92. The average Bonchev–Trinajstić information content (AvgIpc) is 2.55. The number of nitrogens with one attached hydrogen (secondary N) is 2. The number of rotatable bonds is 14. The van der Waals surface area contributed by atoms with Gasteiger partial charge in [0.15, 0.2) is 0 Å². The van der Waals surface area contributed by atoms with Crippen LogP contribution in [-0.2, 0) is 9.59 Å². The molecule has 28 heavy (non-hydrogen) atoms. The molecule has 0 aliphatic carbocycles. The van der Waals surface area contributed by atoms with Gasteiger partial charge in [-0.15, -0.1) is 0 Å². The van der Waals surface area contributed by atoms with Gasteiger partial charge in [-0.2, -0.15) is 0 Å². The Balaban J connectivity index is 4.12. The van der Waals surface area contributed by atoms with Crippen molar-refractivity contribution in [1.82, 2.24) is 10.6 Å². The minimum atomic E-state index is -1.09. The van der Waals surface area contributed by atoms with Crippen molar-refractivity contribution < 1.29 is 19.5 Å². The van der Waals surface area contributed by atoms with E-state index in [1.54, 1.807) is 0 Å². The Labute approximate surface area is 172 Å². The maximum absolute atomic E-state index is 12.3. The predicted molar refractivity (Wildman–Crippen MR) is 117 cm³/mol. The Morgan fingerprint density at radius 1 is 1.00 bits per heavy atom. The van der Waals surface area contributed by atoms with Gasteiger partial charge in [0.05, 0.1) is 0 Å². The molecule has 0 aliphatic heterocycles. The number of aliphatic carboxylic acids is 1. The molecule has 0 aromatic rings. The van der Waals surface area contributed by atoms with Crippen LogP contribution in [0.25, 0.3) is 0 Å². The summed E-state index contributed by atoms with van der Waals surface area (Å²) in [7, 11) is -0.948. The summed E-state index contributed by atoms with van der Waals surface area (Å²) in [5.41, 5.74) is -0.190. The molecule has 0 heterocycles. The van der Waals surface area contributed by atoms with Crippen molar-refractivity contribution in [3.05, 3.63) is 0 Å². The van der Waals surface area contributed by atoms with Gasteiger partial charge in [0.25, 0.3) is 0 Å². The Hall–Kier alpha value is -1.16. The van der Waals surface area contributed by atoms with Crippen LogP contribution in [0.3, 0.4) is 0 Å². The first-order valence-corrected chi connectivity index (χ1v) is 12.4. The zero-order valence-corrected chi connectivity index (χ0v) is 19.5. The van der Waals surface area contributed by atoms with E-state index in [4.69, 9.17) is 0 Å². The summed E-state index contributed by atoms with van der Waals surface area (Å²) in [6.07, 6.45) is 6.62. The van der Waals surface area contributed by atoms with Crippen LogP contribution in [0.4, 0.5) is 4.79 Å². The van der Waals surface area contributed by atoms with Gasteiger partial charge < -0.3 is 15.7 Å². The molecule has 2 unspecified atom stereocenters. The first-order chi connectivity index (χ1) is 12.9. The van der Waals surface area contributed by atoms with Crippen LogP contribution in [-0.4, -0.2) is 48.0 Å². The van der Waals surface area contributed by atoms with E-state index in [1.807, 2.05) is 6.66 Å². The normalized spacial score (nSPS) is 13.8. The first kappa shape index (κ1) is 26.8. The minimum absolute atomic E-state index is 0.0190. The fraction of sp³-hybridized carbons (Fsp3) is 0.857. The van der Waals surface area contributed by atoms with Crippen LogP contribution in [0.5, 0.6) is 0 Å². The molecule has 0 aromatic carbocycles. The zero-order chi connectivity index (χ0) is 21.7. The highest BCUT2D eigenvalue weighted by Crippen LogP contribution is 2.38. The average molecular weight is 417 g/mol. The summed E-state index contributed by atoms with van der Waals surface area (Å²) < 4.78 is 0. The van der Waals surface area contributed by atoms with Crippen LogP contribution in [0, 0.1) is 11.3 Å². The summed E-state index contributed by atoms with van der Waals surface area (Å²) in [6, 6.07) is -1.01. The molecule has 0 bridgehead atoms. The molecule has 0 rings (SSSR count). The molecule has 2 atom stereocenters. The number of amides is 2. The number of carboxylic acid groups (broad SMARTS) is 1. The smallest absolute Gasteiger partial charge is 0.326 e. The van der Waals surface area contributed by atoms with E-state index in [1.165, 1.54) is 19.3 Å². The van der Waals surface area contributed by atoms with Gasteiger partial charge in [0.2, 0.25) is 11.6 Å². The molecular formula is C21H41N2O4P. The Morgan fingerprint density at radius 3 is 2.14 bits per heavy atom. The number of carboxylic acids is 1. The summed E-state index contributed by atoms with van der Waals surface area (Å²) in [6.45, 7) is 13.1. The van der Waals surface area contributed by atoms with Gasteiger partial charge in [-0.05, 0) is 44.9 Å². The number of hydrogen-bond donors (Lipinski definition) is 3. The Bertz CT molecular complexity index is 489. The monoisotopic (exact) mass is 416 g/mol. The molecule has 0 spiro atoms. The fourth-order valence-corrected chi connectivity index (χ4v) is 4.87. The molecule has 0 aliphatic rings.